The summed E-state index contributed by atoms with van der Waals surface area (Å²) in [6.07, 6.45) is 41.9. The predicted molar refractivity (Wildman–Crippen MR) is 219 cm³/mol. The van der Waals surface area contributed by atoms with Gasteiger partial charge in [-0.1, -0.05) is 166 Å². The Morgan fingerprint density at radius 3 is 1.56 bits per heavy atom. The highest BCUT2D eigenvalue weighted by molar-refractivity contribution is 7.45. The molecule has 3 unspecified atom stereocenters. The predicted octanol–water partition coefficient (Wildman–Crippen LogP) is 10.9. The van der Waals surface area contributed by atoms with Gasteiger partial charge in [0.05, 0.1) is 39.9 Å². The van der Waals surface area contributed by atoms with E-state index in [9.17, 15) is 19.4 Å². The number of nitrogens with zero attached hydrogens (tertiary/aromatic N) is 1. The van der Waals surface area contributed by atoms with Gasteiger partial charge in [0.1, 0.15) is 13.2 Å². The van der Waals surface area contributed by atoms with Crippen molar-refractivity contribution in [1.29, 1.82) is 0 Å². The number of rotatable bonds is 38. The van der Waals surface area contributed by atoms with Crippen LogP contribution in [0.4, 0.5) is 0 Å². The number of carbonyl (C=O) groups excluding carboxylic acids is 1. The Morgan fingerprint density at radius 1 is 0.654 bits per heavy atom. The molecule has 0 aromatic heterocycles. The molecular weight excluding hydrogens is 671 g/mol. The lowest BCUT2D eigenvalue weighted by Gasteiger charge is -2.29. The first-order valence-corrected chi connectivity index (χ1v) is 22.8. The Morgan fingerprint density at radius 2 is 1.08 bits per heavy atom. The summed E-state index contributed by atoms with van der Waals surface area (Å²) in [5, 5.41) is 13.7. The number of quaternary nitrogens is 1. The van der Waals surface area contributed by atoms with Crippen molar-refractivity contribution in [2.24, 2.45) is 0 Å². The third-order valence-corrected chi connectivity index (χ3v) is 10.3. The zero-order valence-corrected chi connectivity index (χ0v) is 35.4. The summed E-state index contributed by atoms with van der Waals surface area (Å²) in [4.78, 5) is 25.2. The van der Waals surface area contributed by atoms with Crippen molar-refractivity contribution >= 4 is 13.7 Å². The molecule has 1 amide bonds. The summed E-state index contributed by atoms with van der Waals surface area (Å²) in [5.74, 6) is -0.213. The quantitative estimate of drug-likeness (QED) is 0.0281. The van der Waals surface area contributed by atoms with Gasteiger partial charge in [0.2, 0.25) is 5.91 Å². The number of amides is 1. The molecular formula is C43H83N2O6P. The van der Waals surface area contributed by atoms with Crippen LogP contribution in [-0.2, 0) is 18.4 Å². The first kappa shape index (κ1) is 50.7. The largest absolute Gasteiger partial charge is 0.756 e. The summed E-state index contributed by atoms with van der Waals surface area (Å²) in [5.41, 5.74) is 0. The highest BCUT2D eigenvalue weighted by Gasteiger charge is 2.23. The Kier molecular flexibility index (Phi) is 34.6. The minimum Gasteiger partial charge on any atom is -0.756 e. The smallest absolute Gasteiger partial charge is 0.268 e. The fraction of sp³-hybridized carbons (Fsp3) is 0.837. The van der Waals surface area contributed by atoms with Crippen LogP contribution in [0.1, 0.15) is 181 Å². The monoisotopic (exact) mass is 755 g/mol. The molecule has 0 aliphatic rings. The van der Waals surface area contributed by atoms with E-state index in [-0.39, 0.29) is 12.5 Å². The van der Waals surface area contributed by atoms with Crippen LogP contribution in [0.15, 0.2) is 36.5 Å². The van der Waals surface area contributed by atoms with Gasteiger partial charge in [-0.3, -0.25) is 9.36 Å². The molecule has 2 N–H and O–H groups in total. The van der Waals surface area contributed by atoms with Gasteiger partial charge in [-0.05, 0) is 44.9 Å². The topological polar surface area (TPSA) is 108 Å². The normalized spacial score (nSPS) is 14.8. The van der Waals surface area contributed by atoms with Crippen molar-refractivity contribution in [2.45, 2.75) is 193 Å². The maximum absolute atomic E-state index is 12.8. The number of phosphoric ester groups is 1. The van der Waals surface area contributed by atoms with Crippen molar-refractivity contribution in [1.82, 2.24) is 5.32 Å². The summed E-state index contributed by atoms with van der Waals surface area (Å²) in [7, 11) is 1.23. The van der Waals surface area contributed by atoms with Gasteiger partial charge in [-0.15, -0.1) is 0 Å². The van der Waals surface area contributed by atoms with Crippen molar-refractivity contribution in [3.63, 3.8) is 0 Å². The van der Waals surface area contributed by atoms with Gasteiger partial charge in [0, 0.05) is 6.42 Å². The molecule has 3 atom stereocenters. The molecule has 9 heteroatoms. The van der Waals surface area contributed by atoms with E-state index in [2.05, 4.69) is 43.5 Å². The summed E-state index contributed by atoms with van der Waals surface area (Å²) in [6.45, 7) is 4.60. The summed E-state index contributed by atoms with van der Waals surface area (Å²) < 4.78 is 23.1. The van der Waals surface area contributed by atoms with E-state index in [4.69, 9.17) is 9.05 Å². The van der Waals surface area contributed by atoms with Crippen LogP contribution < -0.4 is 10.2 Å². The number of phosphoric acid groups is 1. The van der Waals surface area contributed by atoms with Gasteiger partial charge in [-0.2, -0.15) is 0 Å². The molecule has 0 aromatic carbocycles. The molecule has 0 saturated carbocycles. The van der Waals surface area contributed by atoms with E-state index < -0.39 is 26.6 Å². The van der Waals surface area contributed by atoms with Gasteiger partial charge >= 0.3 is 0 Å². The minimum atomic E-state index is -4.59. The van der Waals surface area contributed by atoms with Gasteiger partial charge in [-0.25, -0.2) is 0 Å². The van der Waals surface area contributed by atoms with Crippen molar-refractivity contribution < 1.29 is 32.9 Å². The molecule has 0 fully saturated rings. The number of hydrogen-bond donors (Lipinski definition) is 2. The molecule has 8 nitrogen and oxygen atoms in total. The van der Waals surface area contributed by atoms with E-state index in [1.807, 2.05) is 27.2 Å². The SMILES string of the molecule is CCCCCCCCC/C=C/CC/C=C/CC/C=C/C(O)C(COP(=O)([O-])OCC[N+](C)(C)C)NC(=O)CCCCCCCCCCCCCCC. The number of aliphatic hydroxyl groups is 1. The summed E-state index contributed by atoms with van der Waals surface area (Å²) >= 11 is 0. The maximum atomic E-state index is 12.8. The number of likely N-dealkylation sites (N-methyl/N-ethyl adjacent to an activating group) is 1. The van der Waals surface area contributed by atoms with Crippen LogP contribution in [0.2, 0.25) is 0 Å². The van der Waals surface area contributed by atoms with Gasteiger partial charge in [0.25, 0.3) is 7.82 Å². The Hall–Kier alpha value is -1.28. The zero-order valence-electron chi connectivity index (χ0n) is 34.5. The van der Waals surface area contributed by atoms with Crippen molar-refractivity contribution in [3.8, 4) is 0 Å². The molecule has 0 aliphatic carbocycles. The van der Waals surface area contributed by atoms with E-state index in [0.717, 1.165) is 44.9 Å². The highest BCUT2D eigenvalue weighted by Crippen LogP contribution is 2.38. The maximum Gasteiger partial charge on any atom is 0.268 e. The molecule has 0 spiro atoms. The van der Waals surface area contributed by atoms with E-state index >= 15 is 0 Å². The second kappa shape index (κ2) is 35.4. The van der Waals surface area contributed by atoms with E-state index in [0.29, 0.717) is 17.4 Å². The third kappa shape index (κ3) is 37.1. The highest BCUT2D eigenvalue weighted by atomic mass is 31.2. The Labute approximate surface area is 321 Å². The van der Waals surface area contributed by atoms with E-state index in [1.165, 1.54) is 116 Å². The molecule has 0 radical (unpaired) electrons. The number of allylic oxidation sites excluding steroid dienone is 5. The number of aliphatic hydroxyl groups excluding tert-OH is 1. The van der Waals surface area contributed by atoms with Crippen LogP contribution in [0.5, 0.6) is 0 Å². The fourth-order valence-electron chi connectivity index (χ4n) is 5.89. The molecule has 306 valence electrons. The Bertz CT molecular complexity index is 948. The zero-order chi connectivity index (χ0) is 38.6. The number of carbonyl (C=O) groups is 1. The van der Waals surface area contributed by atoms with Crippen LogP contribution >= 0.6 is 7.82 Å². The molecule has 0 bridgehead atoms. The molecule has 52 heavy (non-hydrogen) atoms. The molecule has 0 saturated heterocycles. The standard InChI is InChI=1S/C43H83N2O6P/c1-6-8-10-12-14-16-18-20-21-22-23-25-26-28-30-32-34-36-42(46)41(40-51-52(48,49)50-39-38-45(3,4)5)44-43(47)37-35-33-31-29-27-24-19-17-15-13-11-9-7-2/h21-22,26,28,34,36,41-42,46H,6-20,23-25,27,29-33,35,37-40H2,1-5H3,(H-,44,47,48,49)/b22-21+,28-26+,36-34+. The minimum absolute atomic E-state index is 0.00807. The van der Waals surface area contributed by atoms with Crippen LogP contribution in [0.25, 0.3) is 0 Å². The molecule has 0 aliphatic heterocycles. The van der Waals surface area contributed by atoms with E-state index in [1.54, 1.807) is 6.08 Å². The van der Waals surface area contributed by atoms with Crippen molar-refractivity contribution in [2.75, 3.05) is 40.9 Å². The fourth-order valence-corrected chi connectivity index (χ4v) is 6.61. The second-order valence-corrected chi connectivity index (χ2v) is 17.1. The van der Waals surface area contributed by atoms with Crippen LogP contribution in [-0.4, -0.2) is 68.5 Å². The van der Waals surface area contributed by atoms with Gasteiger partial charge < -0.3 is 28.8 Å². The first-order valence-electron chi connectivity index (χ1n) is 21.4. The second-order valence-electron chi connectivity index (χ2n) is 15.7. The molecule has 0 aromatic rings. The lowest BCUT2D eigenvalue weighted by Crippen LogP contribution is -2.45. The molecule has 0 rings (SSSR count). The van der Waals surface area contributed by atoms with Gasteiger partial charge in [0.15, 0.2) is 0 Å². The van der Waals surface area contributed by atoms with Crippen LogP contribution in [0.3, 0.4) is 0 Å². The first-order chi connectivity index (χ1) is 25.0. The Balaban J connectivity index is 4.54. The van der Waals surface area contributed by atoms with Crippen molar-refractivity contribution in [3.05, 3.63) is 36.5 Å². The average molecular weight is 755 g/mol. The third-order valence-electron chi connectivity index (χ3n) is 9.33. The van der Waals surface area contributed by atoms with Crippen LogP contribution in [0, 0.1) is 0 Å². The molecule has 0 heterocycles. The lowest BCUT2D eigenvalue weighted by molar-refractivity contribution is -0.870. The lowest BCUT2D eigenvalue weighted by atomic mass is 10.0. The summed E-state index contributed by atoms with van der Waals surface area (Å²) in [6, 6.07) is -0.904. The average Bonchev–Trinajstić information content (AvgIpc) is 3.09. The number of nitrogens with one attached hydrogen (secondary N) is 1. The number of hydrogen-bond acceptors (Lipinski definition) is 6. The number of unbranched alkanes of at least 4 members (excludes halogenated alkanes) is 21.